The summed E-state index contributed by atoms with van der Waals surface area (Å²) in [4.78, 5) is 10.7. The highest BCUT2D eigenvalue weighted by atomic mass is 16.1. The maximum atomic E-state index is 10.7. The lowest BCUT2D eigenvalue weighted by Crippen LogP contribution is -2.05. The molecule has 2 aromatic rings. The van der Waals surface area contributed by atoms with E-state index in [0.29, 0.717) is 5.92 Å². The van der Waals surface area contributed by atoms with Crippen molar-refractivity contribution in [2.24, 2.45) is 5.73 Å². The first-order valence-electron chi connectivity index (χ1n) is 6.29. The zero-order chi connectivity index (χ0) is 13.7. The van der Waals surface area contributed by atoms with Crippen molar-refractivity contribution in [1.82, 2.24) is 0 Å². The Labute approximate surface area is 113 Å². The third-order valence-electron chi connectivity index (χ3n) is 3.18. The molecule has 19 heavy (non-hydrogen) atoms. The lowest BCUT2D eigenvalue weighted by Gasteiger charge is -2.12. The molecular formula is C17H17NO. The third kappa shape index (κ3) is 3.55. The van der Waals surface area contributed by atoms with Crippen LogP contribution in [0.4, 0.5) is 0 Å². The van der Waals surface area contributed by atoms with Crippen LogP contribution < -0.4 is 5.73 Å². The minimum absolute atomic E-state index is 0.357. The number of rotatable bonds is 4. The molecule has 0 saturated heterocycles. The minimum atomic E-state index is -0.429. The van der Waals surface area contributed by atoms with E-state index in [1.54, 1.807) is 6.08 Å². The largest absolute Gasteiger partial charge is 0.366 e. The Balaban J connectivity index is 2.16. The molecule has 0 bridgehead atoms. The van der Waals surface area contributed by atoms with E-state index in [0.717, 1.165) is 5.56 Å². The highest BCUT2D eigenvalue weighted by Crippen LogP contribution is 2.24. The zero-order valence-electron chi connectivity index (χ0n) is 10.9. The summed E-state index contributed by atoms with van der Waals surface area (Å²) in [5, 5.41) is 0. The fourth-order valence-electron chi connectivity index (χ4n) is 2.01. The molecule has 2 nitrogen and oxygen atoms in total. The van der Waals surface area contributed by atoms with Crippen molar-refractivity contribution in [3.8, 4) is 0 Å². The van der Waals surface area contributed by atoms with Gasteiger partial charge in [-0.3, -0.25) is 4.79 Å². The Kier molecular flexibility index (Phi) is 4.14. The standard InChI is InChI=1S/C17H17NO/c1-13(15-5-3-2-4-6-15)16-10-7-14(8-11-16)9-12-17(18)19/h2-13H,1H3,(H2,18,19). The van der Waals surface area contributed by atoms with Crippen molar-refractivity contribution < 1.29 is 4.79 Å². The molecule has 0 aliphatic heterocycles. The maximum Gasteiger partial charge on any atom is 0.241 e. The van der Waals surface area contributed by atoms with Gasteiger partial charge in [0, 0.05) is 12.0 Å². The number of benzene rings is 2. The summed E-state index contributed by atoms with van der Waals surface area (Å²) in [5.74, 6) is -0.0721. The molecule has 0 aromatic heterocycles. The van der Waals surface area contributed by atoms with Gasteiger partial charge in [0.1, 0.15) is 0 Å². The summed E-state index contributed by atoms with van der Waals surface area (Å²) >= 11 is 0. The Bertz CT molecular complexity index is 570. The molecule has 0 aliphatic rings. The number of hydrogen-bond acceptors (Lipinski definition) is 1. The van der Waals surface area contributed by atoms with Gasteiger partial charge in [0.15, 0.2) is 0 Å². The summed E-state index contributed by atoms with van der Waals surface area (Å²) in [7, 11) is 0. The second-order valence-corrected chi connectivity index (χ2v) is 4.53. The Morgan fingerprint density at radius 1 is 1.00 bits per heavy atom. The van der Waals surface area contributed by atoms with Gasteiger partial charge in [0.2, 0.25) is 5.91 Å². The first-order chi connectivity index (χ1) is 9.16. The SMILES string of the molecule is CC(c1ccccc1)c1ccc(C=CC(N)=O)cc1. The van der Waals surface area contributed by atoms with Crippen LogP contribution in [0, 0.1) is 0 Å². The van der Waals surface area contributed by atoms with E-state index in [4.69, 9.17) is 5.73 Å². The summed E-state index contributed by atoms with van der Waals surface area (Å²) < 4.78 is 0. The number of carbonyl (C=O) groups excluding carboxylic acids is 1. The van der Waals surface area contributed by atoms with Crippen molar-refractivity contribution in [1.29, 1.82) is 0 Å². The number of nitrogens with two attached hydrogens (primary N) is 1. The average molecular weight is 251 g/mol. The molecule has 0 radical (unpaired) electrons. The van der Waals surface area contributed by atoms with Gasteiger partial charge in [-0.1, -0.05) is 61.5 Å². The van der Waals surface area contributed by atoms with Crippen molar-refractivity contribution >= 4 is 12.0 Å². The Hall–Kier alpha value is -2.35. The van der Waals surface area contributed by atoms with E-state index < -0.39 is 5.91 Å². The van der Waals surface area contributed by atoms with Gasteiger partial charge in [-0.05, 0) is 22.8 Å². The van der Waals surface area contributed by atoms with Crippen LogP contribution in [0.3, 0.4) is 0 Å². The summed E-state index contributed by atoms with van der Waals surface area (Å²) in [5.41, 5.74) is 8.59. The zero-order valence-corrected chi connectivity index (χ0v) is 10.9. The van der Waals surface area contributed by atoms with Crippen LogP contribution in [0.5, 0.6) is 0 Å². The van der Waals surface area contributed by atoms with Crippen molar-refractivity contribution in [3.63, 3.8) is 0 Å². The Morgan fingerprint density at radius 3 is 2.16 bits per heavy atom. The molecule has 1 atom stereocenters. The average Bonchev–Trinajstić information content (AvgIpc) is 2.46. The number of hydrogen-bond donors (Lipinski definition) is 1. The molecule has 0 aliphatic carbocycles. The smallest absolute Gasteiger partial charge is 0.241 e. The van der Waals surface area contributed by atoms with E-state index in [-0.39, 0.29) is 0 Å². The molecule has 0 spiro atoms. The lowest BCUT2D eigenvalue weighted by molar-refractivity contribution is -0.113. The van der Waals surface area contributed by atoms with Gasteiger partial charge in [-0.2, -0.15) is 0 Å². The number of carbonyl (C=O) groups is 1. The second kappa shape index (κ2) is 6.01. The van der Waals surface area contributed by atoms with Crippen molar-refractivity contribution in [2.75, 3.05) is 0 Å². The lowest BCUT2D eigenvalue weighted by atomic mass is 9.92. The normalized spacial score (nSPS) is 12.5. The molecular weight excluding hydrogens is 234 g/mol. The van der Waals surface area contributed by atoms with Gasteiger partial charge in [-0.15, -0.1) is 0 Å². The molecule has 1 unspecified atom stereocenters. The van der Waals surface area contributed by atoms with Crippen LogP contribution in [0.1, 0.15) is 29.5 Å². The molecule has 2 heteroatoms. The van der Waals surface area contributed by atoms with Gasteiger partial charge >= 0.3 is 0 Å². The van der Waals surface area contributed by atoms with E-state index in [1.807, 2.05) is 18.2 Å². The highest BCUT2D eigenvalue weighted by molar-refractivity contribution is 5.90. The van der Waals surface area contributed by atoms with Crippen LogP contribution in [0.15, 0.2) is 60.7 Å². The van der Waals surface area contributed by atoms with Crippen molar-refractivity contribution in [2.45, 2.75) is 12.8 Å². The number of primary amides is 1. The van der Waals surface area contributed by atoms with E-state index >= 15 is 0 Å². The topological polar surface area (TPSA) is 43.1 Å². The monoisotopic (exact) mass is 251 g/mol. The van der Waals surface area contributed by atoms with E-state index in [9.17, 15) is 4.79 Å². The first kappa shape index (κ1) is 13.1. The van der Waals surface area contributed by atoms with Gasteiger partial charge in [-0.25, -0.2) is 0 Å². The first-order valence-corrected chi connectivity index (χ1v) is 6.29. The quantitative estimate of drug-likeness (QED) is 0.832. The summed E-state index contributed by atoms with van der Waals surface area (Å²) in [6, 6.07) is 18.5. The molecule has 2 N–H and O–H groups in total. The van der Waals surface area contributed by atoms with Crippen LogP contribution in [-0.4, -0.2) is 5.91 Å². The molecule has 96 valence electrons. The van der Waals surface area contributed by atoms with Gasteiger partial charge in [0.25, 0.3) is 0 Å². The minimum Gasteiger partial charge on any atom is -0.366 e. The van der Waals surface area contributed by atoms with Crippen LogP contribution in [-0.2, 0) is 4.79 Å². The fourth-order valence-corrected chi connectivity index (χ4v) is 2.01. The highest BCUT2D eigenvalue weighted by Gasteiger charge is 2.06. The fraction of sp³-hybridized carbons (Fsp3) is 0.118. The van der Waals surface area contributed by atoms with E-state index in [2.05, 4.69) is 43.3 Å². The molecule has 1 amide bonds. The predicted octanol–water partition coefficient (Wildman–Crippen LogP) is 3.34. The van der Waals surface area contributed by atoms with Gasteiger partial charge < -0.3 is 5.73 Å². The molecule has 0 fully saturated rings. The number of amides is 1. The predicted molar refractivity (Wildman–Crippen MR) is 78.6 cm³/mol. The molecule has 0 saturated carbocycles. The van der Waals surface area contributed by atoms with Gasteiger partial charge in [0.05, 0.1) is 0 Å². The molecule has 0 heterocycles. The second-order valence-electron chi connectivity index (χ2n) is 4.53. The van der Waals surface area contributed by atoms with Crippen LogP contribution in [0.25, 0.3) is 6.08 Å². The van der Waals surface area contributed by atoms with Crippen LogP contribution in [0.2, 0.25) is 0 Å². The molecule has 2 aromatic carbocycles. The Morgan fingerprint density at radius 2 is 1.58 bits per heavy atom. The molecule has 2 rings (SSSR count). The third-order valence-corrected chi connectivity index (χ3v) is 3.18. The maximum absolute atomic E-state index is 10.7. The van der Waals surface area contributed by atoms with Crippen LogP contribution >= 0.6 is 0 Å². The van der Waals surface area contributed by atoms with Crippen molar-refractivity contribution in [3.05, 3.63) is 77.4 Å². The summed E-state index contributed by atoms with van der Waals surface area (Å²) in [6.45, 7) is 2.18. The van der Waals surface area contributed by atoms with E-state index in [1.165, 1.54) is 17.2 Å². The summed E-state index contributed by atoms with van der Waals surface area (Å²) in [6.07, 6.45) is 3.09.